The predicted octanol–water partition coefficient (Wildman–Crippen LogP) is 0.661. The van der Waals surface area contributed by atoms with Crippen LogP contribution in [-0.4, -0.2) is 47.8 Å². The molecular weight excluding hydrogens is 220 g/mol. The highest BCUT2D eigenvalue weighted by atomic mass is 16.5. The van der Waals surface area contributed by atoms with Crippen molar-refractivity contribution in [3.05, 3.63) is 11.4 Å². The number of H-pyrrole nitrogens is 1. The summed E-state index contributed by atoms with van der Waals surface area (Å²) in [5, 5.41) is 6.74. The monoisotopic (exact) mass is 240 g/mol. The molecule has 0 bridgehead atoms. The summed E-state index contributed by atoms with van der Waals surface area (Å²) in [7, 11) is 3.32. The van der Waals surface area contributed by atoms with Crippen molar-refractivity contribution in [2.24, 2.45) is 0 Å². The van der Waals surface area contributed by atoms with Gasteiger partial charge in [-0.25, -0.2) is 0 Å². The van der Waals surface area contributed by atoms with Gasteiger partial charge in [-0.05, 0) is 13.3 Å². The Bertz CT molecular complexity index is 389. The minimum absolute atomic E-state index is 0.0197. The zero-order valence-corrected chi connectivity index (χ0v) is 10.8. The van der Waals surface area contributed by atoms with Crippen LogP contribution in [0.4, 0.5) is 5.69 Å². The molecule has 0 saturated carbocycles. The molecule has 1 heterocycles. The Hall–Kier alpha value is -1.56. The van der Waals surface area contributed by atoms with Crippen molar-refractivity contribution < 1.29 is 9.53 Å². The fourth-order valence-corrected chi connectivity index (χ4v) is 1.54. The maximum atomic E-state index is 12.1. The second-order valence-corrected chi connectivity index (χ2v) is 4.04. The van der Waals surface area contributed by atoms with Gasteiger partial charge in [-0.2, -0.15) is 5.10 Å². The third-order valence-electron chi connectivity index (χ3n) is 2.83. The molecule has 0 spiro atoms. The third-order valence-corrected chi connectivity index (χ3v) is 2.83. The smallest absolute Gasteiger partial charge is 0.276 e. The molecule has 0 aliphatic heterocycles. The number of methoxy groups -OCH3 is 1. The number of aromatic amines is 1. The van der Waals surface area contributed by atoms with Gasteiger partial charge in [0.25, 0.3) is 5.91 Å². The van der Waals surface area contributed by atoms with Gasteiger partial charge in [0.1, 0.15) is 0 Å². The SMILES string of the molecule is CCc1[nH]nc(C(=O)N(C)C(C)COC)c1N. The molecule has 1 aromatic rings. The van der Waals surface area contributed by atoms with Crippen LogP contribution in [0.5, 0.6) is 0 Å². The Kier molecular flexibility index (Phi) is 4.51. The zero-order chi connectivity index (χ0) is 13.0. The van der Waals surface area contributed by atoms with Crippen molar-refractivity contribution in [3.63, 3.8) is 0 Å². The number of nitrogens with one attached hydrogen (secondary N) is 1. The van der Waals surface area contributed by atoms with Crippen LogP contribution in [0.1, 0.15) is 30.0 Å². The van der Waals surface area contributed by atoms with Crippen LogP contribution < -0.4 is 5.73 Å². The second-order valence-electron chi connectivity index (χ2n) is 4.04. The van der Waals surface area contributed by atoms with Crippen LogP contribution in [0.3, 0.4) is 0 Å². The number of hydrogen-bond acceptors (Lipinski definition) is 4. The summed E-state index contributed by atoms with van der Waals surface area (Å²) in [5.41, 5.74) is 7.37. The van der Waals surface area contributed by atoms with Crippen molar-refractivity contribution in [2.75, 3.05) is 26.5 Å². The quantitative estimate of drug-likeness (QED) is 0.792. The molecule has 6 heteroatoms. The van der Waals surface area contributed by atoms with Crippen LogP contribution in [0.15, 0.2) is 0 Å². The van der Waals surface area contributed by atoms with Crippen molar-refractivity contribution in [1.29, 1.82) is 0 Å². The van der Waals surface area contributed by atoms with E-state index in [1.165, 1.54) is 0 Å². The molecule has 0 aromatic carbocycles. The first-order valence-electron chi connectivity index (χ1n) is 5.61. The first kappa shape index (κ1) is 13.5. The number of hydrogen-bond donors (Lipinski definition) is 2. The Balaban J connectivity index is 2.85. The van der Waals surface area contributed by atoms with Gasteiger partial charge in [-0.1, -0.05) is 6.92 Å². The fraction of sp³-hybridized carbons (Fsp3) is 0.636. The van der Waals surface area contributed by atoms with Gasteiger partial charge in [-0.15, -0.1) is 0 Å². The molecule has 1 amide bonds. The van der Waals surface area contributed by atoms with E-state index in [4.69, 9.17) is 10.5 Å². The Labute approximate surface area is 101 Å². The molecule has 6 nitrogen and oxygen atoms in total. The summed E-state index contributed by atoms with van der Waals surface area (Å²) in [5.74, 6) is -0.192. The number of likely N-dealkylation sites (N-methyl/N-ethyl adjacent to an activating group) is 1. The van der Waals surface area contributed by atoms with Gasteiger partial charge in [0, 0.05) is 14.2 Å². The fourth-order valence-electron chi connectivity index (χ4n) is 1.54. The number of nitrogen functional groups attached to an aromatic ring is 1. The summed E-state index contributed by atoms with van der Waals surface area (Å²) < 4.78 is 5.01. The number of anilines is 1. The second kappa shape index (κ2) is 5.67. The molecule has 0 saturated heterocycles. The van der Waals surface area contributed by atoms with Crippen molar-refractivity contribution in [1.82, 2.24) is 15.1 Å². The molecular formula is C11H20N4O2. The molecule has 96 valence electrons. The Morgan fingerprint density at radius 2 is 2.29 bits per heavy atom. The number of ether oxygens (including phenoxy) is 1. The van der Waals surface area contributed by atoms with Gasteiger partial charge in [0.2, 0.25) is 0 Å². The molecule has 3 N–H and O–H groups in total. The number of rotatable bonds is 5. The lowest BCUT2D eigenvalue weighted by Gasteiger charge is -2.23. The number of carbonyl (C=O) groups is 1. The zero-order valence-electron chi connectivity index (χ0n) is 10.8. The molecule has 1 rings (SSSR count). The van der Waals surface area contributed by atoms with E-state index in [9.17, 15) is 4.79 Å². The lowest BCUT2D eigenvalue weighted by atomic mass is 10.2. The molecule has 0 fully saturated rings. The van der Waals surface area contributed by atoms with Gasteiger partial charge in [0.15, 0.2) is 5.69 Å². The molecule has 1 atom stereocenters. The topological polar surface area (TPSA) is 84.2 Å². The standard InChI is InChI=1S/C11H20N4O2/c1-5-8-9(12)10(14-13-8)11(16)15(3)7(2)6-17-4/h7H,5-6,12H2,1-4H3,(H,13,14). The highest BCUT2D eigenvalue weighted by molar-refractivity contribution is 5.97. The Morgan fingerprint density at radius 3 is 2.76 bits per heavy atom. The summed E-state index contributed by atoms with van der Waals surface area (Å²) in [6, 6.07) is -0.0197. The van der Waals surface area contributed by atoms with Gasteiger partial charge >= 0.3 is 0 Å². The van der Waals surface area contributed by atoms with Crippen LogP contribution in [-0.2, 0) is 11.2 Å². The molecule has 1 aromatic heterocycles. The van der Waals surface area contributed by atoms with Crippen molar-refractivity contribution in [2.45, 2.75) is 26.3 Å². The van der Waals surface area contributed by atoms with Gasteiger partial charge in [0.05, 0.1) is 24.0 Å². The number of aromatic nitrogens is 2. The maximum absolute atomic E-state index is 12.1. The summed E-state index contributed by atoms with van der Waals surface area (Å²) in [6.45, 7) is 4.34. The first-order chi connectivity index (χ1) is 8.02. The largest absolute Gasteiger partial charge is 0.395 e. The lowest BCUT2D eigenvalue weighted by molar-refractivity contribution is 0.0629. The van der Waals surface area contributed by atoms with E-state index in [1.54, 1.807) is 19.1 Å². The van der Waals surface area contributed by atoms with Crippen LogP contribution in [0, 0.1) is 0 Å². The van der Waals surface area contributed by atoms with Crippen LogP contribution in [0.25, 0.3) is 0 Å². The molecule has 0 aliphatic rings. The number of nitrogens with zero attached hydrogens (tertiary/aromatic N) is 2. The average Bonchev–Trinajstić information content (AvgIpc) is 2.68. The number of nitrogens with two attached hydrogens (primary N) is 1. The number of carbonyl (C=O) groups excluding carboxylic acids is 1. The highest BCUT2D eigenvalue weighted by Crippen LogP contribution is 2.16. The summed E-state index contributed by atoms with van der Waals surface area (Å²) in [6.07, 6.45) is 0.726. The number of amides is 1. The molecule has 0 radical (unpaired) electrons. The van der Waals surface area contributed by atoms with Crippen LogP contribution in [0.2, 0.25) is 0 Å². The predicted molar refractivity (Wildman–Crippen MR) is 65.8 cm³/mol. The van der Waals surface area contributed by atoms with Crippen molar-refractivity contribution >= 4 is 11.6 Å². The van der Waals surface area contributed by atoms with Gasteiger partial charge < -0.3 is 15.4 Å². The summed E-state index contributed by atoms with van der Waals surface area (Å²) in [4.78, 5) is 13.7. The molecule has 1 unspecified atom stereocenters. The van der Waals surface area contributed by atoms with E-state index in [2.05, 4.69) is 10.2 Å². The van der Waals surface area contributed by atoms with E-state index >= 15 is 0 Å². The first-order valence-corrected chi connectivity index (χ1v) is 5.61. The van der Waals surface area contributed by atoms with E-state index in [1.807, 2.05) is 13.8 Å². The third kappa shape index (κ3) is 2.76. The normalized spacial score (nSPS) is 12.5. The minimum Gasteiger partial charge on any atom is -0.395 e. The summed E-state index contributed by atoms with van der Waals surface area (Å²) >= 11 is 0. The van der Waals surface area contributed by atoms with E-state index in [-0.39, 0.29) is 17.6 Å². The average molecular weight is 240 g/mol. The number of aryl methyl sites for hydroxylation is 1. The van der Waals surface area contributed by atoms with E-state index in [0.717, 1.165) is 12.1 Å². The maximum Gasteiger partial charge on any atom is 0.276 e. The van der Waals surface area contributed by atoms with Crippen LogP contribution >= 0.6 is 0 Å². The minimum atomic E-state index is -0.192. The highest BCUT2D eigenvalue weighted by Gasteiger charge is 2.23. The molecule has 0 aliphatic carbocycles. The van der Waals surface area contributed by atoms with E-state index < -0.39 is 0 Å². The van der Waals surface area contributed by atoms with E-state index in [0.29, 0.717) is 12.3 Å². The van der Waals surface area contributed by atoms with Crippen molar-refractivity contribution in [3.8, 4) is 0 Å². The van der Waals surface area contributed by atoms with Gasteiger partial charge in [-0.3, -0.25) is 9.89 Å². The Morgan fingerprint density at radius 1 is 1.65 bits per heavy atom. The lowest BCUT2D eigenvalue weighted by Crippen LogP contribution is -2.38. The molecule has 17 heavy (non-hydrogen) atoms.